The van der Waals surface area contributed by atoms with Gasteiger partial charge < -0.3 is 5.11 Å². The van der Waals surface area contributed by atoms with Crippen LogP contribution in [0.15, 0.2) is 17.5 Å². The van der Waals surface area contributed by atoms with E-state index in [1.807, 2.05) is 11.3 Å². The van der Waals surface area contributed by atoms with E-state index in [1.165, 1.54) is 17.7 Å². The molecule has 0 saturated heterocycles. The average Bonchev–Trinajstić information content (AvgIpc) is 2.63. The van der Waals surface area contributed by atoms with Gasteiger partial charge >= 0.3 is 0 Å². The molecule has 2 rings (SSSR count). The van der Waals surface area contributed by atoms with E-state index in [4.69, 9.17) is 0 Å². The van der Waals surface area contributed by atoms with Crippen molar-refractivity contribution in [2.75, 3.05) is 0 Å². The van der Waals surface area contributed by atoms with Crippen molar-refractivity contribution in [1.29, 1.82) is 0 Å². The van der Waals surface area contributed by atoms with Crippen molar-refractivity contribution >= 4 is 11.3 Å². The highest BCUT2D eigenvalue weighted by molar-refractivity contribution is 7.09. The van der Waals surface area contributed by atoms with Gasteiger partial charge in [0.25, 0.3) is 0 Å². The SMILES string of the molecule is OC1CCC(Cc2cccs2)C1. The van der Waals surface area contributed by atoms with Crippen LogP contribution in [0.25, 0.3) is 0 Å². The standard InChI is InChI=1S/C10H14OS/c11-9-4-3-8(6-9)7-10-2-1-5-12-10/h1-2,5,8-9,11H,3-4,6-7H2. The maximum absolute atomic E-state index is 9.33. The molecule has 1 aliphatic carbocycles. The Kier molecular flexibility index (Phi) is 2.47. The number of aliphatic hydroxyl groups is 1. The van der Waals surface area contributed by atoms with E-state index in [9.17, 15) is 5.11 Å². The van der Waals surface area contributed by atoms with Crippen LogP contribution in [-0.2, 0) is 6.42 Å². The summed E-state index contributed by atoms with van der Waals surface area (Å²) < 4.78 is 0. The van der Waals surface area contributed by atoms with Crippen LogP contribution in [0.2, 0.25) is 0 Å². The maximum atomic E-state index is 9.33. The molecule has 1 fully saturated rings. The Labute approximate surface area is 77.0 Å². The van der Waals surface area contributed by atoms with E-state index in [0.717, 1.165) is 18.8 Å². The number of aliphatic hydroxyl groups excluding tert-OH is 1. The summed E-state index contributed by atoms with van der Waals surface area (Å²) in [5, 5.41) is 11.5. The van der Waals surface area contributed by atoms with Gasteiger partial charge in [0.2, 0.25) is 0 Å². The summed E-state index contributed by atoms with van der Waals surface area (Å²) in [6.45, 7) is 0. The lowest BCUT2D eigenvalue weighted by atomic mass is 10.0. The van der Waals surface area contributed by atoms with Crippen LogP contribution in [0.3, 0.4) is 0 Å². The summed E-state index contributed by atoms with van der Waals surface area (Å²) >= 11 is 1.83. The zero-order chi connectivity index (χ0) is 8.39. The number of hydrogen-bond acceptors (Lipinski definition) is 2. The van der Waals surface area contributed by atoms with E-state index in [0.29, 0.717) is 0 Å². The first kappa shape index (κ1) is 8.27. The highest BCUT2D eigenvalue weighted by atomic mass is 32.1. The molecule has 1 heterocycles. The van der Waals surface area contributed by atoms with Gasteiger partial charge in [0, 0.05) is 4.88 Å². The molecule has 12 heavy (non-hydrogen) atoms. The Bertz CT molecular complexity index is 230. The molecule has 0 aliphatic heterocycles. The largest absolute Gasteiger partial charge is 0.393 e. The Morgan fingerprint density at radius 1 is 1.50 bits per heavy atom. The lowest BCUT2D eigenvalue weighted by Crippen LogP contribution is -2.01. The van der Waals surface area contributed by atoms with Gasteiger partial charge in [-0.05, 0) is 43.0 Å². The Hall–Kier alpha value is -0.340. The minimum absolute atomic E-state index is 0.0186. The Morgan fingerprint density at radius 2 is 2.42 bits per heavy atom. The molecule has 1 aliphatic rings. The molecule has 2 unspecified atom stereocenters. The highest BCUT2D eigenvalue weighted by Gasteiger charge is 2.22. The van der Waals surface area contributed by atoms with Crippen LogP contribution in [0, 0.1) is 5.92 Å². The number of hydrogen-bond donors (Lipinski definition) is 1. The lowest BCUT2D eigenvalue weighted by molar-refractivity contribution is 0.177. The average molecular weight is 182 g/mol. The smallest absolute Gasteiger partial charge is 0.0543 e. The minimum atomic E-state index is -0.0186. The molecule has 1 saturated carbocycles. The van der Waals surface area contributed by atoms with Crippen LogP contribution in [0.4, 0.5) is 0 Å². The van der Waals surface area contributed by atoms with Crippen LogP contribution in [0.5, 0.6) is 0 Å². The number of thiophene rings is 1. The van der Waals surface area contributed by atoms with Crippen LogP contribution < -0.4 is 0 Å². The van der Waals surface area contributed by atoms with Gasteiger partial charge in [-0.2, -0.15) is 0 Å². The molecule has 0 amide bonds. The zero-order valence-corrected chi connectivity index (χ0v) is 7.89. The van der Waals surface area contributed by atoms with Gasteiger partial charge in [0.1, 0.15) is 0 Å². The molecule has 1 N–H and O–H groups in total. The molecule has 66 valence electrons. The van der Waals surface area contributed by atoms with Crippen LogP contribution >= 0.6 is 11.3 Å². The second-order valence-corrected chi connectivity index (χ2v) is 4.65. The first-order valence-electron chi connectivity index (χ1n) is 4.55. The van der Waals surface area contributed by atoms with Gasteiger partial charge in [0.05, 0.1) is 6.10 Å². The molecule has 1 aromatic heterocycles. The third kappa shape index (κ3) is 1.87. The molecular formula is C10H14OS. The molecule has 2 atom stereocenters. The predicted octanol–water partition coefficient (Wildman–Crippen LogP) is 2.45. The summed E-state index contributed by atoms with van der Waals surface area (Å²) in [5.41, 5.74) is 0. The van der Waals surface area contributed by atoms with E-state index >= 15 is 0 Å². The van der Waals surface area contributed by atoms with Crippen LogP contribution in [-0.4, -0.2) is 11.2 Å². The predicted molar refractivity (Wildman–Crippen MR) is 51.4 cm³/mol. The van der Waals surface area contributed by atoms with Crippen molar-refractivity contribution in [3.8, 4) is 0 Å². The van der Waals surface area contributed by atoms with Crippen molar-refractivity contribution in [1.82, 2.24) is 0 Å². The first-order valence-corrected chi connectivity index (χ1v) is 5.43. The fraction of sp³-hybridized carbons (Fsp3) is 0.600. The molecule has 1 nitrogen and oxygen atoms in total. The van der Waals surface area contributed by atoms with E-state index in [2.05, 4.69) is 17.5 Å². The maximum Gasteiger partial charge on any atom is 0.0543 e. The second kappa shape index (κ2) is 3.58. The fourth-order valence-corrected chi connectivity index (χ4v) is 2.77. The summed E-state index contributed by atoms with van der Waals surface area (Å²) in [6.07, 6.45) is 4.39. The zero-order valence-electron chi connectivity index (χ0n) is 7.07. The normalized spacial score (nSPS) is 29.4. The Morgan fingerprint density at radius 3 is 3.00 bits per heavy atom. The molecule has 2 heteroatoms. The lowest BCUT2D eigenvalue weighted by Gasteiger charge is -2.05. The van der Waals surface area contributed by atoms with Gasteiger partial charge in [0.15, 0.2) is 0 Å². The highest BCUT2D eigenvalue weighted by Crippen LogP contribution is 2.29. The van der Waals surface area contributed by atoms with Gasteiger partial charge in [-0.3, -0.25) is 0 Å². The number of rotatable bonds is 2. The molecule has 0 radical (unpaired) electrons. The van der Waals surface area contributed by atoms with E-state index < -0.39 is 0 Å². The van der Waals surface area contributed by atoms with Crippen molar-refractivity contribution in [3.05, 3.63) is 22.4 Å². The molecule has 0 bridgehead atoms. The van der Waals surface area contributed by atoms with Gasteiger partial charge in [-0.1, -0.05) is 6.07 Å². The molecule has 1 aromatic rings. The van der Waals surface area contributed by atoms with Crippen molar-refractivity contribution in [2.45, 2.75) is 31.8 Å². The molecule has 0 spiro atoms. The fourth-order valence-electron chi connectivity index (χ4n) is 1.95. The van der Waals surface area contributed by atoms with Crippen LogP contribution in [0.1, 0.15) is 24.1 Å². The minimum Gasteiger partial charge on any atom is -0.393 e. The third-order valence-corrected chi connectivity index (χ3v) is 3.48. The second-order valence-electron chi connectivity index (χ2n) is 3.62. The molecular weight excluding hydrogens is 168 g/mol. The summed E-state index contributed by atoms with van der Waals surface area (Å²) in [6, 6.07) is 4.29. The van der Waals surface area contributed by atoms with Crippen molar-refractivity contribution in [3.63, 3.8) is 0 Å². The monoisotopic (exact) mass is 182 g/mol. The van der Waals surface area contributed by atoms with E-state index in [1.54, 1.807) is 0 Å². The topological polar surface area (TPSA) is 20.2 Å². The van der Waals surface area contributed by atoms with Crippen molar-refractivity contribution < 1.29 is 5.11 Å². The summed E-state index contributed by atoms with van der Waals surface area (Å²) in [7, 11) is 0. The van der Waals surface area contributed by atoms with Crippen molar-refractivity contribution in [2.24, 2.45) is 5.92 Å². The quantitative estimate of drug-likeness (QED) is 0.745. The third-order valence-electron chi connectivity index (χ3n) is 2.58. The summed E-state index contributed by atoms with van der Waals surface area (Å²) in [5.74, 6) is 0.735. The Balaban J connectivity index is 1.88. The van der Waals surface area contributed by atoms with E-state index in [-0.39, 0.29) is 6.10 Å². The van der Waals surface area contributed by atoms with Gasteiger partial charge in [-0.15, -0.1) is 11.3 Å². The molecule has 0 aromatic carbocycles. The summed E-state index contributed by atoms with van der Waals surface area (Å²) in [4.78, 5) is 1.47. The first-order chi connectivity index (χ1) is 5.84. The van der Waals surface area contributed by atoms with Gasteiger partial charge in [-0.25, -0.2) is 0 Å².